The predicted octanol–water partition coefficient (Wildman–Crippen LogP) is 2.04. The number of rotatable bonds is 0. The van der Waals surface area contributed by atoms with Gasteiger partial charge in [0.1, 0.15) is 18.1 Å². The zero-order chi connectivity index (χ0) is 9.38. The molecule has 2 aromatic heterocycles. The van der Waals surface area contributed by atoms with E-state index in [0.717, 1.165) is 22.7 Å². The fourth-order valence-electron chi connectivity index (χ4n) is 1.62. The number of hydrogen-bond acceptors (Lipinski definition) is 3. The van der Waals surface area contributed by atoms with Gasteiger partial charge in [0, 0.05) is 18.0 Å². The standard InChI is InChI=1S/C11H8N2O/c1-3-8-9(12-5-1)7-14-10-4-2-6-13-11(8)10/h1-6H,7H2. The van der Waals surface area contributed by atoms with Crippen molar-refractivity contribution in [2.75, 3.05) is 0 Å². The molecule has 0 unspecified atom stereocenters. The molecule has 0 bridgehead atoms. The second-order valence-electron chi connectivity index (χ2n) is 3.14. The molecule has 0 saturated carbocycles. The quantitative estimate of drug-likeness (QED) is 0.628. The number of aromatic nitrogens is 2. The summed E-state index contributed by atoms with van der Waals surface area (Å²) in [6.07, 6.45) is 3.54. The van der Waals surface area contributed by atoms with Crippen molar-refractivity contribution in [3.63, 3.8) is 0 Å². The van der Waals surface area contributed by atoms with E-state index in [4.69, 9.17) is 4.74 Å². The maximum Gasteiger partial charge on any atom is 0.146 e. The summed E-state index contributed by atoms with van der Waals surface area (Å²) >= 11 is 0. The second kappa shape index (κ2) is 2.80. The van der Waals surface area contributed by atoms with E-state index in [1.807, 2.05) is 24.3 Å². The van der Waals surface area contributed by atoms with Gasteiger partial charge in [-0.25, -0.2) is 0 Å². The molecular formula is C11H8N2O. The highest BCUT2D eigenvalue weighted by Gasteiger charge is 2.17. The lowest BCUT2D eigenvalue weighted by molar-refractivity contribution is 0.296. The first-order valence-electron chi connectivity index (χ1n) is 4.47. The van der Waals surface area contributed by atoms with E-state index in [1.54, 1.807) is 12.4 Å². The van der Waals surface area contributed by atoms with Crippen LogP contribution in [0.2, 0.25) is 0 Å². The Morgan fingerprint density at radius 2 is 1.93 bits per heavy atom. The Kier molecular flexibility index (Phi) is 1.50. The van der Waals surface area contributed by atoms with E-state index in [9.17, 15) is 0 Å². The van der Waals surface area contributed by atoms with Gasteiger partial charge in [-0.15, -0.1) is 0 Å². The third-order valence-electron chi connectivity index (χ3n) is 2.28. The number of ether oxygens (including phenoxy) is 1. The van der Waals surface area contributed by atoms with E-state index < -0.39 is 0 Å². The van der Waals surface area contributed by atoms with Gasteiger partial charge in [-0.3, -0.25) is 9.97 Å². The zero-order valence-corrected chi connectivity index (χ0v) is 7.47. The molecule has 0 spiro atoms. The first-order valence-corrected chi connectivity index (χ1v) is 4.47. The second-order valence-corrected chi connectivity index (χ2v) is 3.14. The normalized spacial score (nSPS) is 12.6. The van der Waals surface area contributed by atoms with Crippen LogP contribution >= 0.6 is 0 Å². The molecule has 1 aliphatic heterocycles. The van der Waals surface area contributed by atoms with Crippen molar-refractivity contribution in [1.82, 2.24) is 9.97 Å². The zero-order valence-electron chi connectivity index (χ0n) is 7.47. The summed E-state index contributed by atoms with van der Waals surface area (Å²) < 4.78 is 5.52. The molecule has 3 nitrogen and oxygen atoms in total. The van der Waals surface area contributed by atoms with Gasteiger partial charge in [0.25, 0.3) is 0 Å². The number of hydrogen-bond donors (Lipinski definition) is 0. The molecule has 3 heterocycles. The minimum absolute atomic E-state index is 0.537. The average Bonchev–Trinajstić information content (AvgIpc) is 2.29. The van der Waals surface area contributed by atoms with Gasteiger partial charge in [0.05, 0.1) is 5.69 Å². The summed E-state index contributed by atoms with van der Waals surface area (Å²) in [5.74, 6) is 0.841. The fraction of sp³-hybridized carbons (Fsp3) is 0.0909. The topological polar surface area (TPSA) is 35.0 Å². The van der Waals surface area contributed by atoms with E-state index in [2.05, 4.69) is 9.97 Å². The van der Waals surface area contributed by atoms with Crippen LogP contribution in [0.25, 0.3) is 11.3 Å². The van der Waals surface area contributed by atoms with E-state index in [-0.39, 0.29) is 0 Å². The van der Waals surface area contributed by atoms with Crippen LogP contribution in [0.15, 0.2) is 36.7 Å². The minimum Gasteiger partial charge on any atom is -0.485 e. The Balaban J connectivity index is 2.29. The van der Waals surface area contributed by atoms with Gasteiger partial charge >= 0.3 is 0 Å². The van der Waals surface area contributed by atoms with Crippen molar-refractivity contribution >= 4 is 0 Å². The Bertz CT molecular complexity index is 437. The molecule has 0 aliphatic carbocycles. The van der Waals surface area contributed by atoms with Crippen molar-refractivity contribution in [3.05, 3.63) is 42.4 Å². The SMILES string of the molecule is c1cnc2c(c1)OCc1ncccc1-2. The van der Waals surface area contributed by atoms with Crippen LogP contribution in [0.5, 0.6) is 5.75 Å². The molecule has 68 valence electrons. The highest BCUT2D eigenvalue weighted by atomic mass is 16.5. The van der Waals surface area contributed by atoms with Gasteiger partial charge < -0.3 is 4.74 Å². The monoisotopic (exact) mass is 184 g/mol. The summed E-state index contributed by atoms with van der Waals surface area (Å²) in [6, 6.07) is 7.75. The molecule has 0 aromatic carbocycles. The van der Waals surface area contributed by atoms with Crippen molar-refractivity contribution in [3.8, 4) is 17.0 Å². The van der Waals surface area contributed by atoms with Crippen molar-refractivity contribution < 1.29 is 4.74 Å². The maximum absolute atomic E-state index is 5.52. The molecule has 0 radical (unpaired) electrons. The van der Waals surface area contributed by atoms with Crippen LogP contribution in [0, 0.1) is 0 Å². The van der Waals surface area contributed by atoms with Crippen LogP contribution in [0.3, 0.4) is 0 Å². The number of fused-ring (bicyclic) bond motifs is 3. The summed E-state index contributed by atoms with van der Waals surface area (Å²) in [5.41, 5.74) is 2.93. The molecule has 0 amide bonds. The van der Waals surface area contributed by atoms with E-state index in [0.29, 0.717) is 6.61 Å². The van der Waals surface area contributed by atoms with Crippen LogP contribution in [0.4, 0.5) is 0 Å². The molecule has 0 fully saturated rings. The Morgan fingerprint density at radius 3 is 2.93 bits per heavy atom. The molecule has 3 heteroatoms. The van der Waals surface area contributed by atoms with Crippen LogP contribution in [-0.4, -0.2) is 9.97 Å². The maximum atomic E-state index is 5.52. The van der Waals surface area contributed by atoms with Crippen molar-refractivity contribution in [1.29, 1.82) is 0 Å². The van der Waals surface area contributed by atoms with Gasteiger partial charge in [0.2, 0.25) is 0 Å². The van der Waals surface area contributed by atoms with Gasteiger partial charge in [-0.1, -0.05) is 0 Å². The lowest BCUT2D eigenvalue weighted by Crippen LogP contribution is -2.07. The highest BCUT2D eigenvalue weighted by molar-refractivity contribution is 5.69. The summed E-state index contributed by atoms with van der Waals surface area (Å²) in [5, 5.41) is 0. The number of nitrogens with zero attached hydrogens (tertiary/aromatic N) is 2. The molecule has 1 aliphatic rings. The highest BCUT2D eigenvalue weighted by Crippen LogP contribution is 2.33. The van der Waals surface area contributed by atoms with E-state index >= 15 is 0 Å². The lowest BCUT2D eigenvalue weighted by atomic mass is 10.1. The van der Waals surface area contributed by atoms with Crippen LogP contribution < -0.4 is 4.74 Å². The molecule has 3 rings (SSSR count). The molecule has 2 aromatic rings. The van der Waals surface area contributed by atoms with Crippen LogP contribution in [0.1, 0.15) is 5.69 Å². The van der Waals surface area contributed by atoms with E-state index in [1.165, 1.54) is 0 Å². The Labute approximate surface area is 81.4 Å². The van der Waals surface area contributed by atoms with Gasteiger partial charge in [0.15, 0.2) is 0 Å². The number of pyridine rings is 2. The van der Waals surface area contributed by atoms with Gasteiger partial charge in [-0.05, 0) is 24.3 Å². The van der Waals surface area contributed by atoms with Gasteiger partial charge in [-0.2, -0.15) is 0 Å². The predicted molar refractivity (Wildman–Crippen MR) is 51.8 cm³/mol. The molecule has 0 N–H and O–H groups in total. The third kappa shape index (κ3) is 0.988. The first-order chi connectivity index (χ1) is 6.95. The first kappa shape index (κ1) is 7.50. The minimum atomic E-state index is 0.537. The summed E-state index contributed by atoms with van der Waals surface area (Å²) in [4.78, 5) is 8.55. The summed E-state index contributed by atoms with van der Waals surface area (Å²) in [7, 11) is 0. The van der Waals surface area contributed by atoms with Crippen molar-refractivity contribution in [2.45, 2.75) is 6.61 Å². The Hall–Kier alpha value is -1.90. The third-order valence-corrected chi connectivity index (χ3v) is 2.28. The van der Waals surface area contributed by atoms with Crippen LogP contribution in [-0.2, 0) is 6.61 Å². The molecule has 14 heavy (non-hydrogen) atoms. The Morgan fingerprint density at radius 1 is 1.07 bits per heavy atom. The average molecular weight is 184 g/mol. The molecule has 0 atom stereocenters. The fourth-order valence-corrected chi connectivity index (χ4v) is 1.62. The molecule has 0 saturated heterocycles. The lowest BCUT2D eigenvalue weighted by Gasteiger charge is -2.17. The summed E-state index contributed by atoms with van der Waals surface area (Å²) in [6.45, 7) is 0.537. The molecular weight excluding hydrogens is 176 g/mol. The smallest absolute Gasteiger partial charge is 0.146 e. The van der Waals surface area contributed by atoms with Crippen molar-refractivity contribution in [2.24, 2.45) is 0 Å². The largest absolute Gasteiger partial charge is 0.485 e.